The minimum Gasteiger partial charge on any atom is -0.468 e. The Labute approximate surface area is 95.8 Å². The number of ether oxygens (including phenoxy) is 1. The predicted octanol–water partition coefficient (Wildman–Crippen LogP) is 0.733. The lowest BCUT2D eigenvalue weighted by Gasteiger charge is -2.16. The number of hydrogen-bond donors (Lipinski definition) is 1. The maximum Gasteiger partial charge on any atom is 0.324 e. The molecule has 0 bridgehead atoms. The quantitative estimate of drug-likeness (QED) is 0.725. The SMILES string of the molecule is CCCNC(Cn1nccc1C)C(=O)OC. The van der Waals surface area contributed by atoms with E-state index in [0.29, 0.717) is 6.54 Å². The second kappa shape index (κ2) is 6.27. The maximum absolute atomic E-state index is 11.5. The van der Waals surface area contributed by atoms with E-state index in [0.717, 1.165) is 18.7 Å². The summed E-state index contributed by atoms with van der Waals surface area (Å²) in [6.45, 7) is 5.31. The lowest BCUT2D eigenvalue weighted by Crippen LogP contribution is -2.41. The van der Waals surface area contributed by atoms with Crippen LogP contribution in [0.3, 0.4) is 0 Å². The predicted molar refractivity (Wildman–Crippen MR) is 61.1 cm³/mol. The smallest absolute Gasteiger partial charge is 0.324 e. The van der Waals surface area contributed by atoms with Gasteiger partial charge in [-0.15, -0.1) is 0 Å². The van der Waals surface area contributed by atoms with E-state index in [1.807, 2.05) is 13.0 Å². The molecule has 0 saturated heterocycles. The van der Waals surface area contributed by atoms with Gasteiger partial charge in [0.05, 0.1) is 13.7 Å². The average molecular weight is 225 g/mol. The Morgan fingerprint density at radius 1 is 1.69 bits per heavy atom. The van der Waals surface area contributed by atoms with Gasteiger partial charge in [0.15, 0.2) is 0 Å². The summed E-state index contributed by atoms with van der Waals surface area (Å²) in [5.41, 5.74) is 1.03. The minimum absolute atomic E-state index is 0.247. The molecular weight excluding hydrogens is 206 g/mol. The topological polar surface area (TPSA) is 56.2 Å². The van der Waals surface area contributed by atoms with Crippen LogP contribution >= 0.6 is 0 Å². The van der Waals surface area contributed by atoms with Gasteiger partial charge in [-0.2, -0.15) is 5.10 Å². The van der Waals surface area contributed by atoms with Crippen LogP contribution < -0.4 is 5.32 Å². The van der Waals surface area contributed by atoms with E-state index in [-0.39, 0.29) is 12.0 Å². The molecule has 0 aliphatic carbocycles. The zero-order valence-electron chi connectivity index (χ0n) is 10.1. The van der Waals surface area contributed by atoms with Crippen molar-refractivity contribution >= 4 is 5.97 Å². The third kappa shape index (κ3) is 3.34. The molecule has 0 radical (unpaired) electrons. The van der Waals surface area contributed by atoms with E-state index in [9.17, 15) is 4.79 Å². The van der Waals surface area contributed by atoms with Crippen molar-refractivity contribution in [1.82, 2.24) is 15.1 Å². The molecular formula is C11H19N3O2. The summed E-state index contributed by atoms with van der Waals surface area (Å²) in [6.07, 6.45) is 2.70. The third-order valence-corrected chi connectivity index (χ3v) is 2.41. The number of esters is 1. The van der Waals surface area contributed by atoms with Gasteiger partial charge in [0, 0.05) is 11.9 Å². The van der Waals surface area contributed by atoms with Crippen LogP contribution in [0.25, 0.3) is 0 Å². The first-order valence-electron chi connectivity index (χ1n) is 5.48. The second-order valence-corrected chi connectivity index (χ2v) is 3.68. The summed E-state index contributed by atoms with van der Waals surface area (Å²) in [5, 5.41) is 7.30. The van der Waals surface area contributed by atoms with Crippen LogP contribution in [-0.2, 0) is 16.1 Å². The van der Waals surface area contributed by atoms with Gasteiger partial charge in [-0.3, -0.25) is 9.48 Å². The van der Waals surface area contributed by atoms with E-state index < -0.39 is 0 Å². The van der Waals surface area contributed by atoms with Crippen LogP contribution in [-0.4, -0.2) is 35.4 Å². The minimum atomic E-state index is -0.330. The van der Waals surface area contributed by atoms with Gasteiger partial charge >= 0.3 is 5.97 Å². The number of methoxy groups -OCH3 is 1. The van der Waals surface area contributed by atoms with Gasteiger partial charge < -0.3 is 10.1 Å². The van der Waals surface area contributed by atoms with Gasteiger partial charge in [0.25, 0.3) is 0 Å². The number of aromatic nitrogens is 2. The normalized spacial score (nSPS) is 12.4. The van der Waals surface area contributed by atoms with Crippen molar-refractivity contribution in [1.29, 1.82) is 0 Å². The van der Waals surface area contributed by atoms with Gasteiger partial charge in [0.2, 0.25) is 0 Å². The number of rotatable bonds is 6. The molecule has 1 atom stereocenters. The van der Waals surface area contributed by atoms with Crippen LogP contribution in [0.1, 0.15) is 19.0 Å². The van der Waals surface area contributed by atoms with Crippen LogP contribution in [0.5, 0.6) is 0 Å². The summed E-state index contributed by atoms with van der Waals surface area (Å²) >= 11 is 0. The lowest BCUT2D eigenvalue weighted by atomic mass is 10.2. The Morgan fingerprint density at radius 2 is 2.44 bits per heavy atom. The molecule has 1 heterocycles. The number of carbonyl (C=O) groups excluding carboxylic acids is 1. The summed E-state index contributed by atoms with van der Waals surface area (Å²) in [7, 11) is 1.40. The van der Waals surface area contributed by atoms with E-state index in [2.05, 4.69) is 17.3 Å². The maximum atomic E-state index is 11.5. The Morgan fingerprint density at radius 3 is 2.94 bits per heavy atom. The van der Waals surface area contributed by atoms with Gasteiger partial charge in [-0.05, 0) is 26.0 Å². The van der Waals surface area contributed by atoms with Crippen molar-refractivity contribution in [3.63, 3.8) is 0 Å². The number of hydrogen-bond acceptors (Lipinski definition) is 4. The highest BCUT2D eigenvalue weighted by Crippen LogP contribution is 2.00. The van der Waals surface area contributed by atoms with E-state index in [1.54, 1.807) is 10.9 Å². The van der Waals surface area contributed by atoms with Gasteiger partial charge in [-0.1, -0.05) is 6.92 Å². The third-order valence-electron chi connectivity index (χ3n) is 2.41. The zero-order chi connectivity index (χ0) is 12.0. The molecule has 1 aromatic heterocycles. The number of aryl methyl sites for hydroxylation is 1. The molecule has 90 valence electrons. The first kappa shape index (κ1) is 12.7. The van der Waals surface area contributed by atoms with Crippen molar-refractivity contribution < 1.29 is 9.53 Å². The molecule has 0 saturated carbocycles. The standard InChI is InChI=1S/C11H19N3O2/c1-4-6-12-10(11(15)16-3)8-14-9(2)5-7-13-14/h5,7,10,12H,4,6,8H2,1-3H3. The van der Waals surface area contributed by atoms with Gasteiger partial charge in [-0.25, -0.2) is 0 Å². The van der Waals surface area contributed by atoms with E-state index >= 15 is 0 Å². The second-order valence-electron chi connectivity index (χ2n) is 3.68. The number of carbonyl (C=O) groups is 1. The largest absolute Gasteiger partial charge is 0.468 e. The number of nitrogens with one attached hydrogen (secondary N) is 1. The molecule has 16 heavy (non-hydrogen) atoms. The fourth-order valence-corrected chi connectivity index (χ4v) is 1.45. The molecule has 0 amide bonds. The Hall–Kier alpha value is -1.36. The van der Waals surface area contributed by atoms with E-state index in [4.69, 9.17) is 4.74 Å². The summed E-state index contributed by atoms with van der Waals surface area (Å²) < 4.78 is 6.55. The monoisotopic (exact) mass is 225 g/mol. The first-order chi connectivity index (χ1) is 7.69. The Kier molecular flexibility index (Phi) is 4.98. The molecule has 0 fully saturated rings. The summed E-state index contributed by atoms with van der Waals surface area (Å²) in [6, 6.07) is 1.58. The molecule has 1 unspecified atom stereocenters. The lowest BCUT2D eigenvalue weighted by molar-refractivity contribution is -0.143. The molecule has 0 spiro atoms. The molecule has 0 aliphatic heterocycles. The van der Waals surface area contributed by atoms with Crippen LogP contribution in [0.15, 0.2) is 12.3 Å². The highest BCUT2D eigenvalue weighted by Gasteiger charge is 2.19. The highest BCUT2D eigenvalue weighted by atomic mass is 16.5. The molecule has 5 nitrogen and oxygen atoms in total. The Bertz CT molecular complexity index is 336. The fraction of sp³-hybridized carbons (Fsp3) is 0.636. The molecule has 5 heteroatoms. The molecule has 0 aromatic carbocycles. The van der Waals surface area contributed by atoms with E-state index in [1.165, 1.54) is 7.11 Å². The molecule has 0 aliphatic rings. The van der Waals surface area contributed by atoms with Crippen molar-refractivity contribution in [3.05, 3.63) is 18.0 Å². The molecule has 1 rings (SSSR count). The fourth-order valence-electron chi connectivity index (χ4n) is 1.45. The van der Waals surface area contributed by atoms with Crippen LogP contribution in [0, 0.1) is 6.92 Å². The zero-order valence-corrected chi connectivity index (χ0v) is 10.1. The molecule has 1 aromatic rings. The average Bonchev–Trinajstić information content (AvgIpc) is 2.69. The summed E-state index contributed by atoms with van der Waals surface area (Å²) in [4.78, 5) is 11.5. The Balaban J connectivity index is 2.63. The van der Waals surface area contributed by atoms with Crippen molar-refractivity contribution in [3.8, 4) is 0 Å². The first-order valence-corrected chi connectivity index (χ1v) is 5.48. The number of nitrogens with zero attached hydrogens (tertiary/aromatic N) is 2. The van der Waals surface area contributed by atoms with Crippen molar-refractivity contribution in [2.45, 2.75) is 32.9 Å². The van der Waals surface area contributed by atoms with Gasteiger partial charge in [0.1, 0.15) is 6.04 Å². The highest BCUT2D eigenvalue weighted by molar-refractivity contribution is 5.75. The molecule has 1 N–H and O–H groups in total. The summed E-state index contributed by atoms with van der Waals surface area (Å²) in [5.74, 6) is -0.247. The van der Waals surface area contributed by atoms with Crippen molar-refractivity contribution in [2.75, 3.05) is 13.7 Å². The van der Waals surface area contributed by atoms with Crippen LogP contribution in [0.2, 0.25) is 0 Å². The van der Waals surface area contributed by atoms with Crippen molar-refractivity contribution in [2.24, 2.45) is 0 Å². The van der Waals surface area contributed by atoms with Crippen LogP contribution in [0.4, 0.5) is 0 Å².